The summed E-state index contributed by atoms with van der Waals surface area (Å²) in [6.07, 6.45) is -3.49. The zero-order valence-electron chi connectivity index (χ0n) is 9.23. The average Bonchev–Trinajstić information content (AvgIpc) is 2.71. The molecule has 1 aromatic heterocycles. The number of carbonyl (C=O) groups excluding carboxylic acids is 1. The Hall–Kier alpha value is -1.66. The Morgan fingerprint density at radius 3 is 3.18 bits per heavy atom. The zero-order valence-corrected chi connectivity index (χ0v) is 9.23. The molecule has 0 radical (unpaired) electrons. The summed E-state index contributed by atoms with van der Waals surface area (Å²) in [6.45, 7) is 2.22. The molecule has 17 heavy (non-hydrogen) atoms. The number of rotatable bonds is 3. The van der Waals surface area contributed by atoms with E-state index < -0.39 is 18.5 Å². The smallest absolute Gasteiger partial charge is 0.358 e. The van der Waals surface area contributed by atoms with E-state index in [1.54, 1.807) is 6.92 Å². The number of fused-ring (bicyclic) bond motifs is 1. The van der Waals surface area contributed by atoms with Gasteiger partial charge in [-0.05, 0) is 6.92 Å². The molecule has 2 heterocycles. The standard InChI is InChI=1S/C10H12F2N2O3/c1-2-16-10(15)6-5-8-14(13-6)4-3-7(17-8)9(11)12/h5,7,9H,2-4H2,1H3/t7-/m1/s1. The maximum Gasteiger partial charge on any atom is 0.358 e. The van der Waals surface area contributed by atoms with Gasteiger partial charge in [0.05, 0.1) is 6.61 Å². The molecule has 0 bridgehead atoms. The fourth-order valence-electron chi connectivity index (χ4n) is 1.60. The van der Waals surface area contributed by atoms with E-state index in [9.17, 15) is 13.6 Å². The second-order valence-electron chi connectivity index (χ2n) is 3.59. The molecule has 1 atom stereocenters. The summed E-state index contributed by atoms with van der Waals surface area (Å²) in [4.78, 5) is 11.4. The highest BCUT2D eigenvalue weighted by Gasteiger charge is 2.29. The molecule has 0 aliphatic carbocycles. The van der Waals surface area contributed by atoms with Crippen LogP contribution in [0.1, 0.15) is 23.8 Å². The molecule has 7 heteroatoms. The second kappa shape index (κ2) is 4.68. The third kappa shape index (κ3) is 2.37. The quantitative estimate of drug-likeness (QED) is 0.758. The Labute approximate surface area is 96.3 Å². The number of halogens is 2. The van der Waals surface area contributed by atoms with Crippen LogP contribution in [0.3, 0.4) is 0 Å². The van der Waals surface area contributed by atoms with Gasteiger partial charge in [0.2, 0.25) is 5.88 Å². The van der Waals surface area contributed by atoms with Crippen molar-refractivity contribution < 1.29 is 23.0 Å². The molecular weight excluding hydrogens is 234 g/mol. The number of carbonyl (C=O) groups is 1. The van der Waals surface area contributed by atoms with E-state index in [4.69, 9.17) is 9.47 Å². The van der Waals surface area contributed by atoms with E-state index in [0.717, 1.165) is 0 Å². The van der Waals surface area contributed by atoms with Gasteiger partial charge >= 0.3 is 5.97 Å². The summed E-state index contributed by atoms with van der Waals surface area (Å²) in [5, 5.41) is 3.94. The SMILES string of the molecule is CCOC(=O)c1cc2n(n1)CC[C@H](C(F)F)O2. The van der Waals surface area contributed by atoms with Crippen LogP contribution in [0.4, 0.5) is 8.78 Å². The molecule has 0 aromatic carbocycles. The van der Waals surface area contributed by atoms with E-state index in [1.807, 2.05) is 0 Å². The summed E-state index contributed by atoms with van der Waals surface area (Å²) in [6, 6.07) is 1.33. The van der Waals surface area contributed by atoms with Crippen molar-refractivity contribution in [2.24, 2.45) is 0 Å². The number of hydrogen-bond donors (Lipinski definition) is 0. The van der Waals surface area contributed by atoms with Crippen LogP contribution in [0.2, 0.25) is 0 Å². The molecule has 0 unspecified atom stereocenters. The number of aromatic nitrogens is 2. The van der Waals surface area contributed by atoms with Crippen LogP contribution in [-0.4, -0.2) is 34.9 Å². The molecule has 0 fully saturated rings. The predicted molar refractivity (Wildman–Crippen MR) is 53.2 cm³/mol. The van der Waals surface area contributed by atoms with E-state index in [1.165, 1.54) is 10.7 Å². The molecule has 1 aliphatic rings. The van der Waals surface area contributed by atoms with Gasteiger partial charge in [0.1, 0.15) is 0 Å². The Morgan fingerprint density at radius 2 is 2.53 bits per heavy atom. The topological polar surface area (TPSA) is 53.4 Å². The highest BCUT2D eigenvalue weighted by molar-refractivity contribution is 5.87. The van der Waals surface area contributed by atoms with E-state index in [-0.39, 0.29) is 24.6 Å². The van der Waals surface area contributed by atoms with Crippen LogP contribution in [0.25, 0.3) is 0 Å². The Bertz CT molecular complexity index is 420. The van der Waals surface area contributed by atoms with E-state index >= 15 is 0 Å². The minimum absolute atomic E-state index is 0.0803. The number of ether oxygens (including phenoxy) is 2. The summed E-state index contributed by atoms with van der Waals surface area (Å²) in [5.41, 5.74) is 0.0803. The van der Waals surface area contributed by atoms with Crippen LogP contribution < -0.4 is 4.74 Å². The van der Waals surface area contributed by atoms with Crippen molar-refractivity contribution in [2.45, 2.75) is 32.4 Å². The van der Waals surface area contributed by atoms with Crippen molar-refractivity contribution in [3.63, 3.8) is 0 Å². The molecule has 1 aromatic rings. The van der Waals surface area contributed by atoms with Crippen LogP contribution >= 0.6 is 0 Å². The first-order valence-electron chi connectivity index (χ1n) is 5.31. The lowest BCUT2D eigenvalue weighted by atomic mass is 10.2. The summed E-state index contributed by atoms with van der Waals surface area (Å²) < 4.78 is 36.1. The second-order valence-corrected chi connectivity index (χ2v) is 3.59. The Balaban J connectivity index is 2.14. The molecule has 0 saturated carbocycles. The monoisotopic (exact) mass is 246 g/mol. The van der Waals surface area contributed by atoms with Crippen molar-refractivity contribution >= 4 is 5.97 Å². The molecule has 5 nitrogen and oxygen atoms in total. The summed E-state index contributed by atoms with van der Waals surface area (Å²) >= 11 is 0. The van der Waals surface area contributed by atoms with Crippen LogP contribution in [0, 0.1) is 0 Å². The van der Waals surface area contributed by atoms with Crippen molar-refractivity contribution in [1.82, 2.24) is 9.78 Å². The molecule has 1 aliphatic heterocycles. The third-order valence-corrected chi connectivity index (χ3v) is 2.41. The van der Waals surface area contributed by atoms with Crippen molar-refractivity contribution in [1.29, 1.82) is 0 Å². The van der Waals surface area contributed by atoms with Crippen LogP contribution in [0.5, 0.6) is 5.88 Å². The highest BCUT2D eigenvalue weighted by Crippen LogP contribution is 2.25. The van der Waals surface area contributed by atoms with Gasteiger partial charge in [-0.2, -0.15) is 5.10 Å². The first-order chi connectivity index (χ1) is 8.11. The van der Waals surface area contributed by atoms with Gasteiger partial charge in [0.25, 0.3) is 6.43 Å². The van der Waals surface area contributed by atoms with Gasteiger partial charge in [0, 0.05) is 19.0 Å². The predicted octanol–water partition coefficient (Wildman–Crippen LogP) is 1.48. The first-order valence-corrected chi connectivity index (χ1v) is 5.31. The molecule has 0 N–H and O–H groups in total. The highest BCUT2D eigenvalue weighted by atomic mass is 19.3. The van der Waals surface area contributed by atoms with E-state index in [2.05, 4.69) is 5.10 Å². The number of esters is 1. The lowest BCUT2D eigenvalue weighted by molar-refractivity contribution is -0.0135. The van der Waals surface area contributed by atoms with Gasteiger partial charge in [-0.25, -0.2) is 18.3 Å². The lowest BCUT2D eigenvalue weighted by Crippen LogP contribution is -2.32. The van der Waals surface area contributed by atoms with Gasteiger partial charge < -0.3 is 9.47 Å². The maximum absolute atomic E-state index is 12.5. The Kier molecular flexibility index (Phi) is 3.26. The summed E-state index contributed by atoms with van der Waals surface area (Å²) in [5.74, 6) is -0.392. The number of hydrogen-bond acceptors (Lipinski definition) is 4. The molecular formula is C10H12F2N2O3. The Morgan fingerprint density at radius 1 is 1.76 bits per heavy atom. The van der Waals surface area contributed by atoms with Crippen molar-refractivity contribution in [3.8, 4) is 5.88 Å². The summed E-state index contributed by atoms with van der Waals surface area (Å²) in [7, 11) is 0. The minimum Gasteiger partial charge on any atom is -0.468 e. The zero-order chi connectivity index (χ0) is 12.4. The van der Waals surface area contributed by atoms with Crippen LogP contribution in [-0.2, 0) is 11.3 Å². The minimum atomic E-state index is -2.54. The van der Waals surface area contributed by atoms with Crippen molar-refractivity contribution in [3.05, 3.63) is 11.8 Å². The maximum atomic E-state index is 12.5. The van der Waals surface area contributed by atoms with Gasteiger partial charge in [-0.3, -0.25) is 0 Å². The van der Waals surface area contributed by atoms with Gasteiger partial charge in [0.15, 0.2) is 11.8 Å². The van der Waals surface area contributed by atoms with Gasteiger partial charge in [-0.1, -0.05) is 0 Å². The normalized spacial score (nSPS) is 18.7. The molecule has 0 saturated heterocycles. The number of aryl methyl sites for hydroxylation is 1. The largest absolute Gasteiger partial charge is 0.468 e. The lowest BCUT2D eigenvalue weighted by Gasteiger charge is -2.23. The average molecular weight is 246 g/mol. The number of alkyl halides is 2. The van der Waals surface area contributed by atoms with Crippen molar-refractivity contribution in [2.75, 3.05) is 6.61 Å². The first kappa shape index (κ1) is 11.8. The van der Waals surface area contributed by atoms with Gasteiger partial charge in [-0.15, -0.1) is 0 Å². The number of nitrogens with zero attached hydrogens (tertiary/aromatic N) is 2. The molecule has 2 rings (SSSR count). The third-order valence-electron chi connectivity index (χ3n) is 2.41. The van der Waals surface area contributed by atoms with E-state index in [0.29, 0.717) is 6.54 Å². The fourth-order valence-corrected chi connectivity index (χ4v) is 1.60. The van der Waals surface area contributed by atoms with Crippen LogP contribution in [0.15, 0.2) is 6.07 Å². The molecule has 94 valence electrons. The molecule has 0 amide bonds. The fraction of sp³-hybridized carbons (Fsp3) is 0.600. The molecule has 0 spiro atoms.